The molecule has 16 heavy (non-hydrogen) atoms. The highest BCUT2D eigenvalue weighted by atomic mass is 16.5. The molecule has 0 aromatic heterocycles. The molecule has 2 saturated heterocycles. The van der Waals surface area contributed by atoms with Crippen LogP contribution in [0, 0.1) is 5.92 Å². The van der Waals surface area contributed by atoms with E-state index in [0.29, 0.717) is 13.2 Å². The fraction of sp³-hybridized carbons (Fsp3) is 0.909. The van der Waals surface area contributed by atoms with Gasteiger partial charge >= 0.3 is 0 Å². The first-order valence-corrected chi connectivity index (χ1v) is 5.80. The molecule has 5 heteroatoms. The van der Waals surface area contributed by atoms with Crippen molar-refractivity contribution in [3.8, 4) is 0 Å². The van der Waals surface area contributed by atoms with Gasteiger partial charge in [-0.25, -0.2) is 0 Å². The molecule has 3 unspecified atom stereocenters. The molecular formula is C11H20N2O3. The predicted molar refractivity (Wildman–Crippen MR) is 59.0 cm³/mol. The van der Waals surface area contributed by atoms with E-state index in [1.807, 2.05) is 0 Å². The van der Waals surface area contributed by atoms with E-state index in [2.05, 4.69) is 4.90 Å². The molecular weight excluding hydrogens is 208 g/mol. The van der Waals surface area contributed by atoms with Crippen LogP contribution < -0.4 is 0 Å². The second kappa shape index (κ2) is 4.69. The van der Waals surface area contributed by atoms with Crippen molar-refractivity contribution in [2.75, 3.05) is 40.4 Å². The molecule has 0 aliphatic carbocycles. The van der Waals surface area contributed by atoms with Gasteiger partial charge in [0.1, 0.15) is 0 Å². The first-order valence-electron chi connectivity index (χ1n) is 5.80. The van der Waals surface area contributed by atoms with Gasteiger partial charge in [0.25, 0.3) is 0 Å². The molecule has 0 saturated carbocycles. The number of carbonyl (C=O) groups excluding carboxylic acids is 1. The minimum atomic E-state index is -0.395. The maximum Gasteiger partial charge on any atom is 0.226 e. The normalized spacial score (nSPS) is 35.6. The summed E-state index contributed by atoms with van der Waals surface area (Å²) in [5.74, 6) is 0.277. The van der Waals surface area contributed by atoms with Gasteiger partial charge in [-0.3, -0.25) is 9.69 Å². The average molecular weight is 228 g/mol. The van der Waals surface area contributed by atoms with E-state index in [1.54, 1.807) is 19.0 Å². The van der Waals surface area contributed by atoms with Crippen LogP contribution in [0.25, 0.3) is 0 Å². The SMILES string of the molecule is CN(C)C(=O)C1CCN(C2COCC2O)C1. The van der Waals surface area contributed by atoms with E-state index in [1.165, 1.54) is 0 Å². The van der Waals surface area contributed by atoms with Crippen molar-refractivity contribution < 1.29 is 14.6 Å². The highest BCUT2D eigenvalue weighted by Gasteiger charge is 2.38. The minimum Gasteiger partial charge on any atom is -0.389 e. The molecule has 0 bridgehead atoms. The number of likely N-dealkylation sites (tertiary alicyclic amines) is 1. The lowest BCUT2D eigenvalue weighted by molar-refractivity contribution is -0.132. The van der Waals surface area contributed by atoms with Gasteiger partial charge in [0.15, 0.2) is 0 Å². The fourth-order valence-corrected chi connectivity index (χ4v) is 2.54. The number of hydrogen-bond donors (Lipinski definition) is 1. The van der Waals surface area contributed by atoms with Gasteiger partial charge in [-0.05, 0) is 13.0 Å². The van der Waals surface area contributed by atoms with E-state index in [-0.39, 0.29) is 17.9 Å². The minimum absolute atomic E-state index is 0.0833. The van der Waals surface area contributed by atoms with Crippen LogP contribution in [0.2, 0.25) is 0 Å². The standard InChI is InChI=1S/C11H20N2O3/c1-12(2)11(15)8-3-4-13(5-8)9-6-16-7-10(9)14/h8-10,14H,3-7H2,1-2H3. The molecule has 2 fully saturated rings. The van der Waals surface area contributed by atoms with Crippen molar-refractivity contribution in [2.45, 2.75) is 18.6 Å². The number of rotatable bonds is 2. The molecule has 5 nitrogen and oxygen atoms in total. The van der Waals surface area contributed by atoms with Crippen LogP contribution in [-0.2, 0) is 9.53 Å². The monoisotopic (exact) mass is 228 g/mol. The third-order valence-electron chi connectivity index (χ3n) is 3.50. The lowest BCUT2D eigenvalue weighted by atomic mass is 10.1. The van der Waals surface area contributed by atoms with Crippen LogP contribution in [0.1, 0.15) is 6.42 Å². The molecule has 0 aromatic rings. The Morgan fingerprint density at radius 2 is 2.19 bits per heavy atom. The summed E-state index contributed by atoms with van der Waals surface area (Å²) >= 11 is 0. The van der Waals surface area contributed by atoms with Gasteiger partial charge in [-0.2, -0.15) is 0 Å². The Hall–Kier alpha value is -0.650. The van der Waals surface area contributed by atoms with Crippen molar-refractivity contribution >= 4 is 5.91 Å². The van der Waals surface area contributed by atoms with Gasteiger partial charge in [0.2, 0.25) is 5.91 Å². The van der Waals surface area contributed by atoms with Crippen LogP contribution >= 0.6 is 0 Å². The Kier molecular flexibility index (Phi) is 3.47. The third-order valence-corrected chi connectivity index (χ3v) is 3.50. The summed E-state index contributed by atoms with van der Waals surface area (Å²) in [6, 6.07) is 0.0833. The third kappa shape index (κ3) is 2.21. The van der Waals surface area contributed by atoms with E-state index < -0.39 is 6.10 Å². The van der Waals surface area contributed by atoms with Gasteiger partial charge in [0.05, 0.1) is 31.3 Å². The van der Waals surface area contributed by atoms with E-state index in [0.717, 1.165) is 19.5 Å². The average Bonchev–Trinajstić information content (AvgIpc) is 2.84. The second-order valence-corrected chi connectivity index (χ2v) is 4.89. The van der Waals surface area contributed by atoms with Crippen LogP contribution in [0.5, 0.6) is 0 Å². The molecule has 0 spiro atoms. The highest BCUT2D eigenvalue weighted by molar-refractivity contribution is 5.78. The van der Waals surface area contributed by atoms with Gasteiger partial charge < -0.3 is 14.7 Å². The number of aliphatic hydroxyl groups excluding tert-OH is 1. The summed E-state index contributed by atoms with van der Waals surface area (Å²) < 4.78 is 5.24. The number of hydrogen-bond acceptors (Lipinski definition) is 4. The second-order valence-electron chi connectivity index (χ2n) is 4.89. The van der Waals surface area contributed by atoms with Crippen molar-refractivity contribution in [3.63, 3.8) is 0 Å². The Bertz CT molecular complexity index is 270. The predicted octanol–water partition coefficient (Wildman–Crippen LogP) is -0.844. The maximum atomic E-state index is 11.8. The summed E-state index contributed by atoms with van der Waals surface area (Å²) in [5.41, 5.74) is 0. The summed E-state index contributed by atoms with van der Waals surface area (Å²) in [6.45, 7) is 2.65. The van der Waals surface area contributed by atoms with E-state index in [9.17, 15) is 9.90 Å². The van der Waals surface area contributed by atoms with Crippen molar-refractivity contribution in [1.29, 1.82) is 0 Å². The number of carbonyl (C=O) groups is 1. The van der Waals surface area contributed by atoms with Crippen molar-refractivity contribution in [3.05, 3.63) is 0 Å². The lowest BCUT2D eigenvalue weighted by Crippen LogP contribution is -2.42. The molecule has 2 rings (SSSR count). The van der Waals surface area contributed by atoms with Crippen LogP contribution in [0.4, 0.5) is 0 Å². The molecule has 92 valence electrons. The largest absolute Gasteiger partial charge is 0.389 e. The van der Waals surface area contributed by atoms with Crippen molar-refractivity contribution in [1.82, 2.24) is 9.80 Å². The Labute approximate surface area is 96.0 Å². The Balaban J connectivity index is 1.90. The zero-order chi connectivity index (χ0) is 11.7. The quantitative estimate of drug-likeness (QED) is 0.669. The first kappa shape index (κ1) is 11.8. The Morgan fingerprint density at radius 1 is 1.44 bits per heavy atom. The number of aliphatic hydroxyl groups is 1. The zero-order valence-corrected chi connectivity index (χ0v) is 9.93. The molecule has 3 atom stereocenters. The van der Waals surface area contributed by atoms with Gasteiger partial charge in [0, 0.05) is 20.6 Å². The van der Waals surface area contributed by atoms with Crippen LogP contribution in [-0.4, -0.2) is 73.4 Å². The van der Waals surface area contributed by atoms with Gasteiger partial charge in [-0.15, -0.1) is 0 Å². The summed E-state index contributed by atoms with van der Waals surface area (Å²) in [5, 5.41) is 9.72. The summed E-state index contributed by atoms with van der Waals surface area (Å²) in [4.78, 5) is 15.6. The van der Waals surface area contributed by atoms with Gasteiger partial charge in [-0.1, -0.05) is 0 Å². The topological polar surface area (TPSA) is 53.0 Å². The smallest absolute Gasteiger partial charge is 0.226 e. The van der Waals surface area contributed by atoms with E-state index >= 15 is 0 Å². The van der Waals surface area contributed by atoms with Crippen molar-refractivity contribution in [2.24, 2.45) is 5.92 Å². The number of amides is 1. The molecule has 1 N–H and O–H groups in total. The van der Waals surface area contributed by atoms with Crippen LogP contribution in [0.15, 0.2) is 0 Å². The lowest BCUT2D eigenvalue weighted by Gasteiger charge is -2.25. The molecule has 2 heterocycles. The van der Waals surface area contributed by atoms with E-state index in [4.69, 9.17) is 4.74 Å². The number of ether oxygens (including phenoxy) is 1. The summed E-state index contributed by atoms with van der Waals surface area (Å²) in [6.07, 6.45) is 0.494. The molecule has 2 aliphatic rings. The fourth-order valence-electron chi connectivity index (χ4n) is 2.54. The Morgan fingerprint density at radius 3 is 2.75 bits per heavy atom. The molecule has 2 aliphatic heterocycles. The zero-order valence-electron chi connectivity index (χ0n) is 9.93. The molecule has 0 aromatic carbocycles. The maximum absolute atomic E-state index is 11.8. The highest BCUT2D eigenvalue weighted by Crippen LogP contribution is 2.23. The summed E-state index contributed by atoms with van der Waals surface area (Å²) in [7, 11) is 3.58. The van der Waals surface area contributed by atoms with Crippen LogP contribution in [0.3, 0.4) is 0 Å². The molecule has 0 radical (unpaired) electrons. The molecule has 1 amide bonds. The number of nitrogens with zero attached hydrogens (tertiary/aromatic N) is 2. The first-order chi connectivity index (χ1) is 7.59.